The highest BCUT2D eigenvalue weighted by molar-refractivity contribution is 6.30. The van der Waals surface area contributed by atoms with Crippen molar-refractivity contribution in [1.29, 1.82) is 0 Å². The number of rotatable bonds is 4. The van der Waals surface area contributed by atoms with Gasteiger partial charge in [-0.05, 0) is 41.5 Å². The quantitative estimate of drug-likeness (QED) is 0.618. The van der Waals surface area contributed by atoms with Crippen LogP contribution < -0.4 is 4.74 Å². The molecular formula is C18H13Cl2NO. The van der Waals surface area contributed by atoms with Crippen molar-refractivity contribution >= 4 is 23.2 Å². The molecule has 0 amide bonds. The van der Waals surface area contributed by atoms with Crippen LogP contribution in [-0.2, 0) is 6.61 Å². The molecule has 0 unspecified atom stereocenters. The molecule has 110 valence electrons. The summed E-state index contributed by atoms with van der Waals surface area (Å²) in [7, 11) is 0. The van der Waals surface area contributed by atoms with E-state index in [0.29, 0.717) is 16.7 Å². The molecule has 0 bridgehead atoms. The molecule has 2 aromatic carbocycles. The van der Waals surface area contributed by atoms with E-state index in [4.69, 9.17) is 27.9 Å². The van der Waals surface area contributed by atoms with Gasteiger partial charge in [-0.15, -0.1) is 0 Å². The topological polar surface area (TPSA) is 22.1 Å². The summed E-state index contributed by atoms with van der Waals surface area (Å²) in [6.45, 7) is 0.437. The van der Waals surface area contributed by atoms with Gasteiger partial charge in [0.05, 0.1) is 6.20 Å². The molecule has 1 aromatic heterocycles. The maximum Gasteiger partial charge on any atom is 0.145 e. The molecule has 0 aliphatic heterocycles. The van der Waals surface area contributed by atoms with Crippen molar-refractivity contribution in [2.24, 2.45) is 0 Å². The number of pyridine rings is 1. The molecule has 3 aromatic rings. The summed E-state index contributed by atoms with van der Waals surface area (Å²) >= 11 is 11.9. The van der Waals surface area contributed by atoms with E-state index in [1.165, 1.54) is 0 Å². The van der Waals surface area contributed by atoms with Gasteiger partial charge in [0.15, 0.2) is 0 Å². The van der Waals surface area contributed by atoms with Gasteiger partial charge < -0.3 is 4.74 Å². The van der Waals surface area contributed by atoms with Gasteiger partial charge in [-0.2, -0.15) is 0 Å². The number of aromatic nitrogens is 1. The summed E-state index contributed by atoms with van der Waals surface area (Å²) in [5.41, 5.74) is 3.03. The van der Waals surface area contributed by atoms with E-state index in [0.717, 1.165) is 22.4 Å². The van der Waals surface area contributed by atoms with Crippen molar-refractivity contribution in [3.05, 3.63) is 82.6 Å². The third-order valence-electron chi connectivity index (χ3n) is 3.22. The average Bonchev–Trinajstić information content (AvgIpc) is 2.54. The predicted molar refractivity (Wildman–Crippen MR) is 90.5 cm³/mol. The van der Waals surface area contributed by atoms with E-state index in [-0.39, 0.29) is 0 Å². The van der Waals surface area contributed by atoms with Crippen LogP contribution in [0.5, 0.6) is 5.75 Å². The van der Waals surface area contributed by atoms with Crippen molar-refractivity contribution < 1.29 is 4.74 Å². The molecule has 0 spiro atoms. The fourth-order valence-electron chi connectivity index (χ4n) is 2.15. The van der Waals surface area contributed by atoms with Crippen molar-refractivity contribution in [2.75, 3.05) is 0 Å². The molecular weight excluding hydrogens is 317 g/mol. The Hall–Kier alpha value is -2.03. The van der Waals surface area contributed by atoms with Crippen LogP contribution in [0.1, 0.15) is 5.56 Å². The monoisotopic (exact) mass is 329 g/mol. The highest BCUT2D eigenvalue weighted by Gasteiger charge is 2.07. The second kappa shape index (κ2) is 6.82. The number of benzene rings is 2. The van der Waals surface area contributed by atoms with Crippen LogP contribution in [0.25, 0.3) is 11.1 Å². The highest BCUT2D eigenvalue weighted by atomic mass is 35.5. The Bertz CT molecular complexity index is 772. The maximum atomic E-state index is 5.99. The Morgan fingerprint density at radius 3 is 2.50 bits per heavy atom. The molecule has 0 aliphatic rings. The van der Waals surface area contributed by atoms with Crippen molar-refractivity contribution in [1.82, 2.24) is 4.98 Å². The highest BCUT2D eigenvalue weighted by Crippen LogP contribution is 2.30. The van der Waals surface area contributed by atoms with Crippen LogP contribution in [0.4, 0.5) is 0 Å². The summed E-state index contributed by atoms with van der Waals surface area (Å²) in [6.07, 6.45) is 3.46. The third-order valence-corrected chi connectivity index (χ3v) is 3.71. The first-order valence-electron chi connectivity index (χ1n) is 6.79. The van der Waals surface area contributed by atoms with Crippen LogP contribution in [-0.4, -0.2) is 4.98 Å². The van der Waals surface area contributed by atoms with E-state index >= 15 is 0 Å². The summed E-state index contributed by atoms with van der Waals surface area (Å²) in [5.74, 6) is 0.727. The zero-order valence-electron chi connectivity index (χ0n) is 11.7. The molecule has 3 rings (SSSR count). The first-order valence-corrected chi connectivity index (χ1v) is 7.55. The van der Waals surface area contributed by atoms with Gasteiger partial charge in [0, 0.05) is 21.8 Å². The van der Waals surface area contributed by atoms with Gasteiger partial charge in [0.25, 0.3) is 0 Å². The second-order valence-corrected chi connectivity index (χ2v) is 5.67. The number of ether oxygens (including phenoxy) is 1. The van der Waals surface area contributed by atoms with E-state index in [2.05, 4.69) is 4.98 Å². The zero-order valence-corrected chi connectivity index (χ0v) is 13.2. The molecule has 22 heavy (non-hydrogen) atoms. The molecule has 0 saturated carbocycles. The van der Waals surface area contributed by atoms with Gasteiger partial charge in [-0.3, -0.25) is 4.98 Å². The van der Waals surface area contributed by atoms with Crippen LogP contribution in [0.15, 0.2) is 67.0 Å². The molecule has 0 aliphatic carbocycles. The number of nitrogens with zero attached hydrogens (tertiary/aromatic N) is 1. The Balaban J connectivity index is 1.84. The summed E-state index contributed by atoms with van der Waals surface area (Å²) < 4.78 is 5.91. The van der Waals surface area contributed by atoms with Crippen LogP contribution in [0.3, 0.4) is 0 Å². The molecule has 0 atom stereocenters. The largest absolute Gasteiger partial charge is 0.487 e. The van der Waals surface area contributed by atoms with Gasteiger partial charge in [-0.1, -0.05) is 47.5 Å². The van der Waals surface area contributed by atoms with Gasteiger partial charge in [0.2, 0.25) is 0 Å². The SMILES string of the molecule is Clc1ccc(-c2ccncc2OCc2cccc(Cl)c2)cc1. The van der Waals surface area contributed by atoms with E-state index in [1.807, 2.05) is 54.6 Å². The molecule has 4 heteroatoms. The van der Waals surface area contributed by atoms with Gasteiger partial charge in [-0.25, -0.2) is 0 Å². The van der Waals surface area contributed by atoms with Crippen molar-refractivity contribution in [2.45, 2.75) is 6.61 Å². The third kappa shape index (κ3) is 3.59. The lowest BCUT2D eigenvalue weighted by molar-refractivity contribution is 0.306. The standard InChI is InChI=1S/C18H13Cl2NO/c19-15-6-4-14(5-7-15)17-8-9-21-11-18(17)22-12-13-2-1-3-16(20)10-13/h1-11H,12H2. The van der Waals surface area contributed by atoms with Crippen molar-refractivity contribution in [3.63, 3.8) is 0 Å². The summed E-state index contributed by atoms with van der Waals surface area (Å²) in [5, 5.41) is 1.41. The van der Waals surface area contributed by atoms with Gasteiger partial charge >= 0.3 is 0 Å². The maximum absolute atomic E-state index is 5.99. The second-order valence-electron chi connectivity index (χ2n) is 4.80. The normalized spacial score (nSPS) is 10.5. The minimum absolute atomic E-state index is 0.437. The summed E-state index contributed by atoms with van der Waals surface area (Å²) in [6, 6.07) is 17.2. The van der Waals surface area contributed by atoms with Gasteiger partial charge in [0.1, 0.15) is 12.4 Å². The Kier molecular flexibility index (Phi) is 4.62. The van der Waals surface area contributed by atoms with Crippen LogP contribution in [0.2, 0.25) is 10.0 Å². The minimum atomic E-state index is 0.437. The zero-order chi connectivity index (χ0) is 15.4. The molecule has 0 saturated heterocycles. The Morgan fingerprint density at radius 1 is 0.909 bits per heavy atom. The molecule has 0 fully saturated rings. The van der Waals surface area contributed by atoms with Crippen LogP contribution >= 0.6 is 23.2 Å². The Morgan fingerprint density at radius 2 is 1.73 bits per heavy atom. The molecule has 0 radical (unpaired) electrons. The lowest BCUT2D eigenvalue weighted by Gasteiger charge is -2.11. The van der Waals surface area contributed by atoms with Crippen LogP contribution in [0, 0.1) is 0 Å². The minimum Gasteiger partial charge on any atom is -0.487 e. The van der Waals surface area contributed by atoms with Crippen molar-refractivity contribution in [3.8, 4) is 16.9 Å². The lowest BCUT2D eigenvalue weighted by Crippen LogP contribution is -1.97. The molecule has 0 N–H and O–H groups in total. The fourth-order valence-corrected chi connectivity index (χ4v) is 2.49. The molecule has 1 heterocycles. The smallest absolute Gasteiger partial charge is 0.145 e. The fraction of sp³-hybridized carbons (Fsp3) is 0.0556. The number of hydrogen-bond donors (Lipinski definition) is 0. The summed E-state index contributed by atoms with van der Waals surface area (Å²) in [4.78, 5) is 4.14. The first-order chi connectivity index (χ1) is 10.7. The number of halogens is 2. The lowest BCUT2D eigenvalue weighted by atomic mass is 10.1. The first kappa shape index (κ1) is 14.9. The average molecular weight is 330 g/mol. The Labute approximate surface area is 139 Å². The van der Waals surface area contributed by atoms with E-state index in [1.54, 1.807) is 12.4 Å². The predicted octanol–water partition coefficient (Wildman–Crippen LogP) is 5.63. The van der Waals surface area contributed by atoms with E-state index in [9.17, 15) is 0 Å². The van der Waals surface area contributed by atoms with E-state index < -0.39 is 0 Å². The number of hydrogen-bond acceptors (Lipinski definition) is 2. The molecule has 2 nitrogen and oxygen atoms in total.